The monoisotopic (exact) mass is 504 g/mol. The van der Waals surface area contributed by atoms with Gasteiger partial charge in [-0.1, -0.05) is 54.1 Å². The van der Waals surface area contributed by atoms with Crippen molar-refractivity contribution in [1.29, 1.82) is 0 Å². The Morgan fingerprint density at radius 1 is 1.11 bits per heavy atom. The van der Waals surface area contributed by atoms with E-state index in [1.54, 1.807) is 47.6 Å². The highest BCUT2D eigenvalue weighted by Gasteiger charge is 2.47. The molecule has 0 radical (unpaired) electrons. The van der Waals surface area contributed by atoms with Crippen LogP contribution in [-0.4, -0.2) is 40.7 Å². The highest BCUT2D eigenvalue weighted by Crippen LogP contribution is 2.39. The van der Waals surface area contributed by atoms with Gasteiger partial charge in [0, 0.05) is 11.6 Å². The summed E-state index contributed by atoms with van der Waals surface area (Å²) in [5, 5.41) is 6.40. The summed E-state index contributed by atoms with van der Waals surface area (Å²) in [7, 11) is 0. The molecule has 3 aromatic rings. The quantitative estimate of drug-likeness (QED) is 0.505. The van der Waals surface area contributed by atoms with Crippen molar-refractivity contribution in [2.75, 3.05) is 13.1 Å². The van der Waals surface area contributed by atoms with Crippen LogP contribution < -0.4 is 10.6 Å². The third kappa shape index (κ3) is 4.35. The first-order valence-corrected chi connectivity index (χ1v) is 12.1. The van der Waals surface area contributed by atoms with Gasteiger partial charge in [-0.05, 0) is 42.3 Å². The van der Waals surface area contributed by atoms with Crippen molar-refractivity contribution < 1.29 is 18.8 Å². The number of urea groups is 1. The van der Waals surface area contributed by atoms with E-state index in [2.05, 4.69) is 10.6 Å². The second kappa shape index (κ2) is 9.91. The molecule has 4 amide bonds. The van der Waals surface area contributed by atoms with Crippen LogP contribution in [0.5, 0.6) is 0 Å². The molecule has 0 saturated heterocycles. The molecule has 9 heteroatoms. The van der Waals surface area contributed by atoms with Crippen LogP contribution in [0.4, 0.5) is 4.79 Å². The summed E-state index contributed by atoms with van der Waals surface area (Å²) in [5.41, 5.74) is 2.47. The van der Waals surface area contributed by atoms with Gasteiger partial charge < -0.3 is 20.0 Å². The van der Waals surface area contributed by atoms with Gasteiger partial charge in [-0.3, -0.25) is 14.5 Å². The summed E-state index contributed by atoms with van der Waals surface area (Å²) in [6.45, 7) is 2.57. The number of benzene rings is 2. The Bertz CT molecular complexity index is 1310. The molecular weight excluding hydrogens is 480 g/mol. The minimum atomic E-state index is -0.890. The van der Waals surface area contributed by atoms with Gasteiger partial charge in [0.2, 0.25) is 5.91 Å². The minimum absolute atomic E-state index is 0.132. The SMILES string of the molecule is CCN1C(=O)N[C@@H](c2ccc(Cl)cc2)C2=C1CN([C@@H](C(=O)NCc1ccco1)c1ccccc1)C2=O. The van der Waals surface area contributed by atoms with Gasteiger partial charge >= 0.3 is 6.03 Å². The third-order valence-electron chi connectivity index (χ3n) is 6.46. The molecular formula is C27H25ClN4O4. The number of rotatable bonds is 7. The van der Waals surface area contributed by atoms with Crippen LogP contribution in [0.3, 0.4) is 0 Å². The van der Waals surface area contributed by atoms with Gasteiger partial charge in [0.1, 0.15) is 11.8 Å². The number of hydrogen-bond acceptors (Lipinski definition) is 4. The molecule has 0 bridgehead atoms. The average molecular weight is 505 g/mol. The van der Waals surface area contributed by atoms with Crippen molar-refractivity contribution in [1.82, 2.24) is 20.4 Å². The van der Waals surface area contributed by atoms with E-state index in [4.69, 9.17) is 16.0 Å². The topological polar surface area (TPSA) is 94.9 Å². The number of nitrogens with zero attached hydrogens (tertiary/aromatic N) is 2. The first kappa shape index (κ1) is 23.7. The Hall–Kier alpha value is -4.04. The Balaban J connectivity index is 1.51. The van der Waals surface area contributed by atoms with Crippen molar-refractivity contribution in [2.24, 2.45) is 0 Å². The molecule has 0 spiro atoms. The molecule has 3 heterocycles. The zero-order valence-corrected chi connectivity index (χ0v) is 20.4. The first-order valence-electron chi connectivity index (χ1n) is 11.7. The van der Waals surface area contributed by atoms with Gasteiger partial charge in [0.15, 0.2) is 0 Å². The summed E-state index contributed by atoms with van der Waals surface area (Å²) in [5.74, 6) is -0.0309. The molecule has 0 saturated carbocycles. The average Bonchev–Trinajstić information content (AvgIpc) is 3.52. The zero-order chi connectivity index (χ0) is 25.2. The second-order valence-electron chi connectivity index (χ2n) is 8.58. The van der Waals surface area contributed by atoms with Crippen molar-refractivity contribution in [3.05, 3.63) is 106 Å². The van der Waals surface area contributed by atoms with Gasteiger partial charge in [-0.25, -0.2) is 4.79 Å². The van der Waals surface area contributed by atoms with E-state index in [1.807, 2.05) is 37.3 Å². The fourth-order valence-electron chi connectivity index (χ4n) is 4.75. The molecule has 2 N–H and O–H groups in total. The second-order valence-corrected chi connectivity index (χ2v) is 9.02. The highest BCUT2D eigenvalue weighted by atomic mass is 35.5. The van der Waals surface area contributed by atoms with Gasteiger partial charge in [-0.2, -0.15) is 0 Å². The molecule has 2 aliphatic rings. The van der Waals surface area contributed by atoms with Crippen LogP contribution in [0, 0.1) is 0 Å². The van der Waals surface area contributed by atoms with Gasteiger partial charge in [0.05, 0.1) is 36.7 Å². The Morgan fingerprint density at radius 3 is 2.53 bits per heavy atom. The van der Waals surface area contributed by atoms with E-state index in [9.17, 15) is 14.4 Å². The lowest BCUT2D eigenvalue weighted by Gasteiger charge is -2.32. The standard InChI is InChI=1S/C27H25ClN4O4/c1-2-31-21-16-32(26(34)22(21)23(30-27(31)35)17-10-12-19(28)13-11-17)24(18-7-4-3-5-8-18)25(33)29-15-20-9-6-14-36-20/h3-14,23-24H,2,15-16H2,1H3,(H,29,33)(H,30,35)/t23-,24+/m0/s1. The Morgan fingerprint density at radius 2 is 1.86 bits per heavy atom. The molecule has 2 aromatic carbocycles. The third-order valence-corrected chi connectivity index (χ3v) is 6.71. The molecule has 1 aromatic heterocycles. The molecule has 0 aliphatic carbocycles. The maximum atomic E-state index is 14.0. The Kier molecular flexibility index (Phi) is 6.52. The van der Waals surface area contributed by atoms with E-state index in [0.717, 1.165) is 5.56 Å². The largest absolute Gasteiger partial charge is 0.467 e. The van der Waals surface area contributed by atoms with Crippen molar-refractivity contribution in [3.63, 3.8) is 0 Å². The number of likely N-dealkylation sites (N-methyl/N-ethyl adjacent to an activating group) is 1. The molecule has 8 nitrogen and oxygen atoms in total. The predicted octanol–water partition coefficient (Wildman–Crippen LogP) is 4.17. The molecule has 36 heavy (non-hydrogen) atoms. The summed E-state index contributed by atoms with van der Waals surface area (Å²) < 4.78 is 5.34. The lowest BCUT2D eigenvalue weighted by atomic mass is 9.95. The van der Waals surface area contributed by atoms with Gasteiger partial charge in [-0.15, -0.1) is 0 Å². The van der Waals surface area contributed by atoms with Crippen LogP contribution >= 0.6 is 11.6 Å². The summed E-state index contributed by atoms with van der Waals surface area (Å²) in [6.07, 6.45) is 1.54. The number of carbonyl (C=O) groups is 3. The van der Waals surface area contributed by atoms with Crippen molar-refractivity contribution >= 4 is 29.4 Å². The number of nitrogens with one attached hydrogen (secondary N) is 2. The number of halogens is 1. The summed E-state index contributed by atoms with van der Waals surface area (Å²) in [6, 6.07) is 17.9. The van der Waals surface area contributed by atoms with E-state index >= 15 is 0 Å². The fraction of sp³-hybridized carbons (Fsp3) is 0.222. The molecule has 0 fully saturated rings. The molecule has 5 rings (SSSR count). The van der Waals surface area contributed by atoms with Gasteiger partial charge in [0.25, 0.3) is 5.91 Å². The molecule has 184 valence electrons. The van der Waals surface area contributed by atoms with Crippen LogP contribution in [-0.2, 0) is 16.1 Å². The van der Waals surface area contributed by atoms with Crippen molar-refractivity contribution in [3.8, 4) is 0 Å². The van der Waals surface area contributed by atoms with E-state index in [1.165, 1.54) is 4.90 Å². The molecule has 2 aliphatic heterocycles. The summed E-state index contributed by atoms with van der Waals surface area (Å²) >= 11 is 6.07. The lowest BCUT2D eigenvalue weighted by molar-refractivity contribution is -0.136. The normalized spacial score (nSPS) is 18.2. The molecule has 0 unspecified atom stereocenters. The first-order chi connectivity index (χ1) is 17.5. The zero-order valence-electron chi connectivity index (χ0n) is 19.6. The van der Waals surface area contributed by atoms with E-state index in [0.29, 0.717) is 34.2 Å². The highest BCUT2D eigenvalue weighted by molar-refractivity contribution is 6.30. The van der Waals surface area contributed by atoms with Crippen LogP contribution in [0.1, 0.15) is 35.9 Å². The number of amides is 4. The van der Waals surface area contributed by atoms with Crippen LogP contribution in [0.15, 0.2) is 88.7 Å². The fourth-order valence-corrected chi connectivity index (χ4v) is 4.88. The smallest absolute Gasteiger partial charge is 0.322 e. The lowest BCUT2D eigenvalue weighted by Crippen LogP contribution is -2.47. The number of hydrogen-bond donors (Lipinski definition) is 2. The van der Waals surface area contributed by atoms with Crippen molar-refractivity contribution in [2.45, 2.75) is 25.6 Å². The van der Waals surface area contributed by atoms with Crippen LogP contribution in [0.25, 0.3) is 0 Å². The van der Waals surface area contributed by atoms with E-state index in [-0.39, 0.29) is 30.9 Å². The molecule has 2 atom stereocenters. The van der Waals surface area contributed by atoms with E-state index < -0.39 is 12.1 Å². The number of furan rings is 1. The minimum Gasteiger partial charge on any atom is -0.467 e. The summed E-state index contributed by atoms with van der Waals surface area (Å²) in [4.78, 5) is 43.5. The Labute approximate surface area is 213 Å². The maximum absolute atomic E-state index is 14.0. The predicted molar refractivity (Wildman–Crippen MR) is 134 cm³/mol. The number of carbonyl (C=O) groups excluding carboxylic acids is 3. The van der Waals surface area contributed by atoms with Crippen LogP contribution in [0.2, 0.25) is 5.02 Å². The maximum Gasteiger partial charge on any atom is 0.322 e.